The molecule has 2 aliphatic rings. The molecule has 2 aliphatic heterocycles. The summed E-state index contributed by atoms with van der Waals surface area (Å²) in [7, 11) is -3.91. The molecular weight excluding hydrogens is 343 g/mol. The van der Waals surface area contributed by atoms with Crippen LogP contribution in [0.15, 0.2) is 23.1 Å². The molecule has 0 bridgehead atoms. The van der Waals surface area contributed by atoms with Gasteiger partial charge in [0.05, 0.1) is 4.90 Å². The van der Waals surface area contributed by atoms with Crippen molar-refractivity contribution in [2.24, 2.45) is 0 Å². The molecule has 0 radical (unpaired) electrons. The number of piperidine rings is 1. The molecule has 0 saturated carbocycles. The van der Waals surface area contributed by atoms with Gasteiger partial charge in [-0.3, -0.25) is 4.79 Å². The molecule has 2 fully saturated rings. The van der Waals surface area contributed by atoms with Crippen molar-refractivity contribution in [2.75, 3.05) is 19.6 Å². The second-order valence-corrected chi connectivity index (χ2v) is 8.94. The lowest BCUT2D eigenvalue weighted by molar-refractivity contribution is -0.135. The van der Waals surface area contributed by atoms with E-state index in [-0.39, 0.29) is 23.8 Å². The van der Waals surface area contributed by atoms with Gasteiger partial charge < -0.3 is 4.90 Å². The molecule has 2 saturated heterocycles. The van der Waals surface area contributed by atoms with Gasteiger partial charge >= 0.3 is 0 Å². The molecule has 0 unspecified atom stereocenters. The maximum Gasteiger partial charge on any atom is 0.244 e. The SMILES string of the molecule is Cc1ccc(S(=O)(=O)N2C[C@@H](F)C[C@H]2C(=O)N2CCCCC2)c(C)c1. The Morgan fingerprint density at radius 1 is 1.16 bits per heavy atom. The third-order valence-electron chi connectivity index (χ3n) is 5.07. The number of aryl methyl sites for hydroxylation is 2. The van der Waals surface area contributed by atoms with E-state index in [9.17, 15) is 17.6 Å². The number of hydrogen-bond acceptors (Lipinski definition) is 3. The normalized spacial score (nSPS) is 25.3. The van der Waals surface area contributed by atoms with E-state index in [1.807, 2.05) is 6.92 Å². The number of carbonyl (C=O) groups is 1. The van der Waals surface area contributed by atoms with Gasteiger partial charge in [-0.25, -0.2) is 12.8 Å². The average Bonchev–Trinajstić information content (AvgIpc) is 2.97. The minimum Gasteiger partial charge on any atom is -0.341 e. The van der Waals surface area contributed by atoms with Gasteiger partial charge in [0.15, 0.2) is 0 Å². The van der Waals surface area contributed by atoms with E-state index >= 15 is 0 Å². The first-order valence-electron chi connectivity index (χ1n) is 8.82. The summed E-state index contributed by atoms with van der Waals surface area (Å²) in [6.07, 6.45) is 1.55. The zero-order chi connectivity index (χ0) is 18.2. The fourth-order valence-corrected chi connectivity index (χ4v) is 5.61. The van der Waals surface area contributed by atoms with Crippen LogP contribution in [0, 0.1) is 13.8 Å². The smallest absolute Gasteiger partial charge is 0.244 e. The lowest BCUT2D eigenvalue weighted by Gasteiger charge is -2.32. The Bertz CT molecular complexity index is 760. The maximum absolute atomic E-state index is 14.1. The van der Waals surface area contributed by atoms with Crippen molar-refractivity contribution in [3.63, 3.8) is 0 Å². The molecule has 1 amide bonds. The predicted octanol–water partition coefficient (Wildman–Crippen LogP) is 2.42. The lowest BCUT2D eigenvalue weighted by Crippen LogP contribution is -2.49. The van der Waals surface area contributed by atoms with Crippen molar-refractivity contribution in [1.29, 1.82) is 0 Å². The van der Waals surface area contributed by atoms with Gasteiger partial charge in [-0.1, -0.05) is 17.7 Å². The molecule has 2 heterocycles. The molecule has 0 aromatic heterocycles. The number of halogens is 1. The Balaban J connectivity index is 1.91. The molecule has 138 valence electrons. The molecule has 2 atom stereocenters. The van der Waals surface area contributed by atoms with Crippen molar-refractivity contribution in [3.8, 4) is 0 Å². The third-order valence-corrected chi connectivity index (χ3v) is 7.11. The number of sulfonamides is 1. The number of benzene rings is 1. The van der Waals surface area contributed by atoms with Crippen LogP contribution in [0.2, 0.25) is 0 Å². The summed E-state index contributed by atoms with van der Waals surface area (Å²) < 4.78 is 41.4. The highest BCUT2D eigenvalue weighted by Crippen LogP contribution is 2.31. The van der Waals surface area contributed by atoms with Crippen LogP contribution in [0.1, 0.15) is 36.8 Å². The van der Waals surface area contributed by atoms with Crippen molar-refractivity contribution >= 4 is 15.9 Å². The van der Waals surface area contributed by atoms with Crippen LogP contribution in [-0.4, -0.2) is 55.4 Å². The first-order valence-corrected chi connectivity index (χ1v) is 10.3. The Kier molecular flexibility index (Phi) is 5.16. The van der Waals surface area contributed by atoms with E-state index in [2.05, 4.69) is 0 Å². The largest absolute Gasteiger partial charge is 0.341 e. The van der Waals surface area contributed by atoms with Crippen molar-refractivity contribution < 1.29 is 17.6 Å². The monoisotopic (exact) mass is 368 g/mol. The molecule has 0 N–H and O–H groups in total. The minimum absolute atomic E-state index is 0.0561. The molecule has 1 aromatic carbocycles. The summed E-state index contributed by atoms with van der Waals surface area (Å²) in [5, 5.41) is 0. The van der Waals surface area contributed by atoms with E-state index in [1.165, 1.54) is 0 Å². The molecule has 0 spiro atoms. The van der Waals surface area contributed by atoms with Gasteiger partial charge in [0.25, 0.3) is 0 Å². The van der Waals surface area contributed by atoms with Crippen molar-refractivity contribution in [1.82, 2.24) is 9.21 Å². The highest BCUT2D eigenvalue weighted by atomic mass is 32.2. The summed E-state index contributed by atoms with van der Waals surface area (Å²) in [5.74, 6) is -0.256. The Morgan fingerprint density at radius 3 is 2.48 bits per heavy atom. The van der Waals surface area contributed by atoms with Gasteiger partial charge in [0, 0.05) is 26.1 Å². The molecular formula is C18H25FN2O3S. The lowest BCUT2D eigenvalue weighted by atomic mass is 10.1. The molecule has 25 heavy (non-hydrogen) atoms. The van der Waals surface area contributed by atoms with Gasteiger partial charge in [0.1, 0.15) is 12.2 Å². The van der Waals surface area contributed by atoms with Crippen molar-refractivity contribution in [2.45, 2.75) is 56.6 Å². The molecule has 7 heteroatoms. The Morgan fingerprint density at radius 2 is 1.84 bits per heavy atom. The average molecular weight is 368 g/mol. The Hall–Kier alpha value is -1.47. The molecule has 5 nitrogen and oxygen atoms in total. The van der Waals surface area contributed by atoms with E-state index in [0.717, 1.165) is 29.1 Å². The zero-order valence-corrected chi connectivity index (χ0v) is 15.6. The van der Waals surface area contributed by atoms with Gasteiger partial charge in [0.2, 0.25) is 15.9 Å². The van der Waals surface area contributed by atoms with Gasteiger partial charge in [-0.2, -0.15) is 4.31 Å². The topological polar surface area (TPSA) is 57.7 Å². The third kappa shape index (κ3) is 3.58. The van der Waals surface area contributed by atoms with Gasteiger partial charge in [-0.05, 0) is 44.7 Å². The second kappa shape index (κ2) is 7.03. The van der Waals surface area contributed by atoms with E-state index in [1.54, 1.807) is 30.0 Å². The number of alkyl halides is 1. The summed E-state index contributed by atoms with van der Waals surface area (Å²) in [6.45, 7) is 4.62. The highest BCUT2D eigenvalue weighted by Gasteiger charge is 2.45. The van der Waals surface area contributed by atoms with Crippen LogP contribution >= 0.6 is 0 Å². The number of likely N-dealkylation sites (tertiary alicyclic amines) is 1. The highest BCUT2D eigenvalue weighted by molar-refractivity contribution is 7.89. The quantitative estimate of drug-likeness (QED) is 0.823. The maximum atomic E-state index is 14.1. The van der Waals surface area contributed by atoms with Crippen LogP contribution in [0.5, 0.6) is 0 Å². The first-order chi connectivity index (χ1) is 11.8. The first kappa shape index (κ1) is 18.3. The number of amides is 1. The number of nitrogens with zero attached hydrogens (tertiary/aromatic N) is 2. The van der Waals surface area contributed by atoms with E-state index in [0.29, 0.717) is 18.7 Å². The summed E-state index contributed by atoms with van der Waals surface area (Å²) in [6, 6.07) is 4.13. The molecule has 3 rings (SSSR count). The fraction of sp³-hybridized carbons (Fsp3) is 0.611. The molecule has 1 aromatic rings. The van der Waals surface area contributed by atoms with Crippen LogP contribution in [0.25, 0.3) is 0 Å². The van der Waals surface area contributed by atoms with Crippen molar-refractivity contribution in [3.05, 3.63) is 29.3 Å². The van der Waals surface area contributed by atoms with Crippen LogP contribution in [-0.2, 0) is 14.8 Å². The number of rotatable bonds is 3. The summed E-state index contributed by atoms with van der Waals surface area (Å²) >= 11 is 0. The van der Waals surface area contributed by atoms with Crippen LogP contribution in [0.4, 0.5) is 4.39 Å². The predicted molar refractivity (Wildman–Crippen MR) is 93.5 cm³/mol. The van der Waals surface area contributed by atoms with E-state index in [4.69, 9.17) is 0 Å². The second-order valence-electron chi connectivity index (χ2n) is 7.08. The zero-order valence-electron chi connectivity index (χ0n) is 14.7. The van der Waals surface area contributed by atoms with Crippen LogP contribution in [0.3, 0.4) is 0 Å². The van der Waals surface area contributed by atoms with Gasteiger partial charge in [-0.15, -0.1) is 0 Å². The molecule has 0 aliphatic carbocycles. The minimum atomic E-state index is -3.91. The summed E-state index contributed by atoms with van der Waals surface area (Å²) in [5.41, 5.74) is 1.58. The number of carbonyl (C=O) groups excluding carboxylic acids is 1. The Labute approximate surface area is 148 Å². The fourth-order valence-electron chi connectivity index (χ4n) is 3.79. The van der Waals surface area contributed by atoms with Crippen LogP contribution < -0.4 is 0 Å². The standard InChI is InChI=1S/C18H25FN2O3S/c1-13-6-7-17(14(2)10-13)25(23,24)21-12-15(19)11-16(21)18(22)20-8-4-3-5-9-20/h6-7,10,15-16H,3-5,8-9,11-12H2,1-2H3/t15-,16-/m0/s1. The summed E-state index contributed by atoms with van der Waals surface area (Å²) in [4.78, 5) is 14.7. The van der Waals surface area contributed by atoms with E-state index < -0.39 is 22.2 Å². The number of hydrogen-bond donors (Lipinski definition) is 0.